The number of anilines is 1. The molecule has 168 valence electrons. The Hall–Kier alpha value is -3.19. The number of ether oxygens (including phenoxy) is 1. The lowest BCUT2D eigenvalue weighted by Gasteiger charge is -2.23. The Morgan fingerprint density at radius 3 is 2.62 bits per heavy atom. The molecule has 0 saturated carbocycles. The summed E-state index contributed by atoms with van der Waals surface area (Å²) in [5.74, 6) is -0.653. The summed E-state index contributed by atoms with van der Waals surface area (Å²) in [6, 6.07) is 13.3. The highest BCUT2D eigenvalue weighted by atomic mass is 19.1. The summed E-state index contributed by atoms with van der Waals surface area (Å²) >= 11 is 0. The van der Waals surface area contributed by atoms with Crippen molar-refractivity contribution in [3.05, 3.63) is 65.6 Å². The molecule has 3 aromatic rings. The summed E-state index contributed by atoms with van der Waals surface area (Å²) in [5, 5.41) is 6.77. The van der Waals surface area contributed by atoms with Crippen molar-refractivity contribution in [1.29, 1.82) is 0 Å². The van der Waals surface area contributed by atoms with Crippen LogP contribution >= 0.6 is 0 Å². The number of rotatable bonds is 7. The summed E-state index contributed by atoms with van der Waals surface area (Å²) in [6.45, 7) is 5.88. The van der Waals surface area contributed by atoms with Crippen LogP contribution in [0.15, 0.2) is 48.5 Å². The minimum Gasteiger partial charge on any atom is -0.373 e. The van der Waals surface area contributed by atoms with Gasteiger partial charge in [-0.25, -0.2) is 4.39 Å². The normalized spacial score (nSPS) is 18.1. The van der Waals surface area contributed by atoms with E-state index >= 15 is 0 Å². The van der Waals surface area contributed by atoms with E-state index in [1.165, 1.54) is 12.1 Å². The van der Waals surface area contributed by atoms with Crippen LogP contribution in [0.3, 0.4) is 0 Å². The van der Waals surface area contributed by atoms with Gasteiger partial charge in [-0.1, -0.05) is 12.1 Å². The first-order chi connectivity index (χ1) is 15.4. The largest absolute Gasteiger partial charge is 0.373 e. The Morgan fingerprint density at radius 1 is 1.16 bits per heavy atom. The molecule has 2 amide bonds. The van der Waals surface area contributed by atoms with Crippen molar-refractivity contribution in [2.24, 2.45) is 0 Å². The second kappa shape index (κ2) is 9.12. The molecule has 1 fully saturated rings. The zero-order chi connectivity index (χ0) is 22.7. The number of amides is 2. The third-order valence-electron chi connectivity index (χ3n) is 5.94. The average molecular weight is 438 g/mol. The van der Waals surface area contributed by atoms with Gasteiger partial charge in [0.15, 0.2) is 0 Å². The van der Waals surface area contributed by atoms with Gasteiger partial charge in [0.25, 0.3) is 5.91 Å². The van der Waals surface area contributed by atoms with E-state index in [2.05, 4.69) is 10.6 Å². The minimum absolute atomic E-state index is 0.137. The summed E-state index contributed by atoms with van der Waals surface area (Å²) in [6.07, 6.45) is 2.10. The molecule has 6 nitrogen and oxygen atoms in total. The number of halogens is 1. The molecule has 2 N–H and O–H groups in total. The van der Waals surface area contributed by atoms with Gasteiger partial charge in [-0.15, -0.1) is 0 Å². The first-order valence-electron chi connectivity index (χ1n) is 11.0. The Labute approximate surface area is 186 Å². The summed E-state index contributed by atoms with van der Waals surface area (Å²) in [7, 11) is 0. The van der Waals surface area contributed by atoms with E-state index < -0.39 is 0 Å². The summed E-state index contributed by atoms with van der Waals surface area (Å²) in [4.78, 5) is 25.3. The molecule has 0 unspecified atom stereocenters. The first kappa shape index (κ1) is 22.0. The number of hydrogen-bond acceptors (Lipinski definition) is 3. The Bertz CT molecular complexity index is 1130. The molecule has 0 spiro atoms. The number of hydrogen-bond donors (Lipinski definition) is 2. The smallest absolute Gasteiger partial charge is 0.268 e. The topological polar surface area (TPSA) is 72.4 Å². The third kappa shape index (κ3) is 4.83. The van der Waals surface area contributed by atoms with Crippen LogP contribution in [0.4, 0.5) is 10.1 Å². The van der Waals surface area contributed by atoms with Crippen LogP contribution in [0.5, 0.6) is 0 Å². The Kier molecular flexibility index (Phi) is 6.28. The highest BCUT2D eigenvalue weighted by Crippen LogP contribution is 2.26. The zero-order valence-electron chi connectivity index (χ0n) is 18.4. The molecular formula is C25H28FN3O3. The SMILES string of the molecule is CCn1c(C(=O)NC[C@@]2(C)CCCO2)cc2cc(NC(=O)Cc3ccc(F)cc3)ccc21. The highest BCUT2D eigenvalue weighted by Gasteiger charge is 2.30. The van der Waals surface area contributed by atoms with E-state index in [0.29, 0.717) is 24.5 Å². The van der Waals surface area contributed by atoms with Crippen molar-refractivity contribution in [2.45, 2.75) is 45.3 Å². The average Bonchev–Trinajstić information content (AvgIpc) is 3.37. The van der Waals surface area contributed by atoms with Crippen molar-refractivity contribution in [2.75, 3.05) is 18.5 Å². The number of aryl methyl sites for hydroxylation is 1. The van der Waals surface area contributed by atoms with Gasteiger partial charge in [-0.05, 0) is 68.7 Å². The number of fused-ring (bicyclic) bond motifs is 1. The number of nitrogens with one attached hydrogen (secondary N) is 2. The Morgan fingerprint density at radius 2 is 1.94 bits per heavy atom. The lowest BCUT2D eigenvalue weighted by atomic mass is 10.0. The van der Waals surface area contributed by atoms with E-state index in [9.17, 15) is 14.0 Å². The van der Waals surface area contributed by atoms with Gasteiger partial charge in [-0.3, -0.25) is 9.59 Å². The Balaban J connectivity index is 1.48. The highest BCUT2D eigenvalue weighted by molar-refractivity contribution is 6.00. The number of carbonyl (C=O) groups is 2. The van der Waals surface area contributed by atoms with Crippen LogP contribution in [-0.4, -0.2) is 35.1 Å². The third-order valence-corrected chi connectivity index (χ3v) is 5.94. The monoisotopic (exact) mass is 437 g/mol. The zero-order valence-corrected chi connectivity index (χ0v) is 18.4. The molecule has 7 heteroatoms. The van der Waals surface area contributed by atoms with E-state index in [1.807, 2.05) is 42.7 Å². The maximum atomic E-state index is 13.0. The molecule has 1 aromatic heterocycles. The minimum atomic E-state index is -0.329. The fourth-order valence-electron chi connectivity index (χ4n) is 4.20. The van der Waals surface area contributed by atoms with Gasteiger partial charge in [0.1, 0.15) is 11.5 Å². The lowest BCUT2D eigenvalue weighted by Crippen LogP contribution is -2.40. The van der Waals surface area contributed by atoms with Crippen LogP contribution in [-0.2, 0) is 22.5 Å². The van der Waals surface area contributed by atoms with Crippen LogP contribution < -0.4 is 10.6 Å². The van der Waals surface area contributed by atoms with Gasteiger partial charge in [0, 0.05) is 36.3 Å². The maximum Gasteiger partial charge on any atom is 0.268 e. The molecular weight excluding hydrogens is 409 g/mol. The summed E-state index contributed by atoms with van der Waals surface area (Å²) < 4.78 is 20.8. The molecule has 1 aliphatic heterocycles. The molecule has 32 heavy (non-hydrogen) atoms. The molecule has 1 aliphatic rings. The molecule has 4 rings (SSSR count). The molecule has 0 bridgehead atoms. The molecule has 1 atom stereocenters. The lowest BCUT2D eigenvalue weighted by molar-refractivity contribution is -0.115. The van der Waals surface area contributed by atoms with Gasteiger partial charge in [0.05, 0.1) is 12.0 Å². The van der Waals surface area contributed by atoms with Crippen molar-refractivity contribution >= 4 is 28.4 Å². The molecule has 0 aliphatic carbocycles. The van der Waals surface area contributed by atoms with Crippen LogP contribution in [0.2, 0.25) is 0 Å². The molecule has 2 aromatic carbocycles. The standard InChI is InChI=1S/C25H28FN3O3/c1-3-29-21-10-9-20(28-23(30)13-17-5-7-19(26)8-6-17)14-18(21)15-22(29)24(31)27-16-25(2)11-4-12-32-25/h5-10,14-15H,3-4,11-13,16H2,1-2H3,(H,27,31)(H,28,30)/t25-/m1/s1. The van der Waals surface area contributed by atoms with Gasteiger partial charge < -0.3 is 19.9 Å². The first-order valence-corrected chi connectivity index (χ1v) is 11.0. The van der Waals surface area contributed by atoms with E-state index in [0.717, 1.165) is 35.9 Å². The molecule has 1 saturated heterocycles. The van der Waals surface area contributed by atoms with E-state index in [1.54, 1.807) is 12.1 Å². The van der Waals surface area contributed by atoms with Gasteiger partial charge >= 0.3 is 0 Å². The van der Waals surface area contributed by atoms with Gasteiger partial charge in [0.2, 0.25) is 5.91 Å². The predicted molar refractivity (Wildman–Crippen MR) is 122 cm³/mol. The number of benzene rings is 2. The van der Waals surface area contributed by atoms with Crippen LogP contribution in [0.1, 0.15) is 42.7 Å². The summed E-state index contributed by atoms with van der Waals surface area (Å²) in [5.41, 5.74) is 2.59. The molecule has 2 heterocycles. The number of nitrogens with zero attached hydrogens (tertiary/aromatic N) is 1. The van der Waals surface area contributed by atoms with Crippen molar-refractivity contribution in [3.63, 3.8) is 0 Å². The fraction of sp³-hybridized carbons (Fsp3) is 0.360. The fourth-order valence-corrected chi connectivity index (χ4v) is 4.20. The van der Waals surface area contributed by atoms with E-state index in [4.69, 9.17) is 4.74 Å². The van der Waals surface area contributed by atoms with Crippen molar-refractivity contribution in [3.8, 4) is 0 Å². The maximum absolute atomic E-state index is 13.0. The number of carbonyl (C=O) groups excluding carboxylic acids is 2. The van der Waals surface area contributed by atoms with Crippen LogP contribution in [0.25, 0.3) is 10.9 Å². The number of aromatic nitrogens is 1. The van der Waals surface area contributed by atoms with Crippen LogP contribution in [0, 0.1) is 5.82 Å². The quantitative estimate of drug-likeness (QED) is 0.580. The van der Waals surface area contributed by atoms with Crippen molar-refractivity contribution in [1.82, 2.24) is 9.88 Å². The second-order valence-corrected chi connectivity index (χ2v) is 8.48. The second-order valence-electron chi connectivity index (χ2n) is 8.48. The van der Waals surface area contributed by atoms with Crippen molar-refractivity contribution < 1.29 is 18.7 Å². The van der Waals surface area contributed by atoms with Gasteiger partial charge in [-0.2, -0.15) is 0 Å². The van der Waals surface area contributed by atoms with E-state index in [-0.39, 0.29) is 29.7 Å². The predicted octanol–water partition coefficient (Wildman–Crippen LogP) is 4.28. The molecule has 0 radical (unpaired) electrons.